The van der Waals surface area contributed by atoms with Crippen molar-refractivity contribution in [2.45, 2.75) is 38.5 Å². The minimum atomic E-state index is -1.01. The smallest absolute Gasteiger partial charge is 0.309 e. The van der Waals surface area contributed by atoms with Crippen LogP contribution in [0.5, 0.6) is 0 Å². The first-order chi connectivity index (χ1) is 18.0. The van der Waals surface area contributed by atoms with Gasteiger partial charge in [0.2, 0.25) is 11.8 Å². The van der Waals surface area contributed by atoms with Crippen LogP contribution in [-0.2, 0) is 20.8 Å². The molecule has 0 saturated carbocycles. The normalized spacial score (nSPS) is 16.4. The highest BCUT2D eigenvalue weighted by atomic mass is 16.4. The van der Waals surface area contributed by atoms with E-state index in [1.54, 1.807) is 12.4 Å². The predicted molar refractivity (Wildman–Crippen MR) is 140 cm³/mol. The van der Waals surface area contributed by atoms with Crippen LogP contribution in [0.25, 0.3) is 0 Å². The average molecular weight is 500 g/mol. The minimum Gasteiger partial charge on any atom is -0.481 e. The van der Waals surface area contributed by atoms with Gasteiger partial charge in [-0.3, -0.25) is 29.4 Å². The van der Waals surface area contributed by atoms with Gasteiger partial charge in [0.15, 0.2) is 0 Å². The van der Waals surface area contributed by atoms with Gasteiger partial charge < -0.3 is 5.11 Å². The number of piperidine rings is 1. The molecule has 1 unspecified atom stereocenters. The van der Waals surface area contributed by atoms with Gasteiger partial charge in [-0.2, -0.15) is 0 Å². The summed E-state index contributed by atoms with van der Waals surface area (Å²) in [5.41, 5.74) is 2.82. The first-order valence-electron chi connectivity index (χ1n) is 12.8. The third kappa shape index (κ3) is 6.42. The molecule has 0 spiro atoms. The molecule has 2 amide bonds. The number of carboxylic acid groups (broad SMARTS) is 1. The number of carboxylic acids is 1. The average Bonchev–Trinajstić information content (AvgIpc) is 2.92. The van der Waals surface area contributed by atoms with Crippen LogP contribution >= 0.6 is 0 Å². The Hall–Kier alpha value is -4.00. The van der Waals surface area contributed by atoms with Gasteiger partial charge in [-0.1, -0.05) is 60.7 Å². The van der Waals surface area contributed by atoms with Crippen LogP contribution in [0.3, 0.4) is 0 Å². The number of aryl methyl sites for hydroxylation is 1. The van der Waals surface area contributed by atoms with Gasteiger partial charge in [0.25, 0.3) is 0 Å². The summed E-state index contributed by atoms with van der Waals surface area (Å²) in [5, 5.41) is 13.2. The summed E-state index contributed by atoms with van der Waals surface area (Å²) in [6.07, 6.45) is 6.41. The fourth-order valence-electron chi connectivity index (χ4n) is 5.22. The van der Waals surface area contributed by atoms with E-state index in [0.717, 1.165) is 36.0 Å². The Morgan fingerprint density at radius 3 is 2.14 bits per heavy atom. The fourth-order valence-corrected chi connectivity index (χ4v) is 5.22. The van der Waals surface area contributed by atoms with E-state index in [2.05, 4.69) is 4.98 Å². The second kappa shape index (κ2) is 12.3. The molecular weight excluding hydrogens is 466 g/mol. The van der Waals surface area contributed by atoms with Crippen LogP contribution in [0, 0.1) is 11.8 Å². The third-order valence-electron chi connectivity index (χ3n) is 7.12. The number of rotatable bonds is 10. The lowest BCUT2D eigenvalue weighted by molar-refractivity contribution is -0.172. The lowest BCUT2D eigenvalue weighted by Crippen LogP contribution is -2.56. The number of amides is 2. The molecule has 0 bridgehead atoms. The molecule has 2 heterocycles. The Morgan fingerprint density at radius 1 is 1.00 bits per heavy atom. The second-order valence-corrected chi connectivity index (χ2v) is 9.54. The summed E-state index contributed by atoms with van der Waals surface area (Å²) < 4.78 is 0. The second-order valence-electron chi connectivity index (χ2n) is 9.54. The third-order valence-corrected chi connectivity index (χ3v) is 7.12. The largest absolute Gasteiger partial charge is 0.481 e. The number of carbonyl (C=O) groups is 3. The van der Waals surface area contributed by atoms with E-state index in [9.17, 15) is 19.5 Å². The molecule has 7 heteroatoms. The van der Waals surface area contributed by atoms with Gasteiger partial charge in [-0.15, -0.1) is 0 Å². The Morgan fingerprint density at radius 2 is 1.59 bits per heavy atom. The highest BCUT2D eigenvalue weighted by Crippen LogP contribution is 2.34. The first kappa shape index (κ1) is 26.1. The molecule has 0 aliphatic carbocycles. The molecule has 1 aromatic heterocycles. The first-order valence-corrected chi connectivity index (χ1v) is 12.8. The molecule has 1 aliphatic heterocycles. The van der Waals surface area contributed by atoms with Crippen molar-refractivity contribution in [1.29, 1.82) is 0 Å². The number of benzene rings is 2. The minimum absolute atomic E-state index is 0.0953. The van der Waals surface area contributed by atoms with Crippen molar-refractivity contribution in [3.8, 4) is 0 Å². The molecule has 1 aliphatic rings. The van der Waals surface area contributed by atoms with E-state index in [1.807, 2.05) is 72.8 Å². The van der Waals surface area contributed by atoms with Gasteiger partial charge >= 0.3 is 5.97 Å². The van der Waals surface area contributed by atoms with Gasteiger partial charge in [0.1, 0.15) is 0 Å². The maximum atomic E-state index is 13.5. The number of aromatic nitrogens is 1. The van der Waals surface area contributed by atoms with E-state index >= 15 is 0 Å². The predicted octanol–water partition coefficient (Wildman–Crippen LogP) is 4.55. The van der Waals surface area contributed by atoms with Crippen molar-refractivity contribution in [1.82, 2.24) is 15.0 Å². The zero-order chi connectivity index (χ0) is 26.2. The summed E-state index contributed by atoms with van der Waals surface area (Å²) in [6.45, 7) is 1.70. The Balaban J connectivity index is 1.58. The quantitative estimate of drug-likeness (QED) is 0.442. The highest BCUT2D eigenvalue weighted by molar-refractivity contribution is 5.84. The molecule has 2 atom stereocenters. The molecule has 1 fully saturated rings. The van der Waals surface area contributed by atoms with Crippen molar-refractivity contribution in [2.75, 3.05) is 13.1 Å². The van der Waals surface area contributed by atoms with Gasteiger partial charge in [0, 0.05) is 37.7 Å². The van der Waals surface area contributed by atoms with Crippen LogP contribution in [0.2, 0.25) is 0 Å². The molecule has 1 N–H and O–H groups in total. The standard InChI is InChI=1S/C30H33N3O4/c1-22(34)33(32-20-8-13-26(29(32)35)15-14-23-16-18-31-19-17-23)21-27(30(36)37)28(24-9-4-2-5-10-24)25-11-6-3-7-12-25/h2-7,9-12,16-19,26-28H,8,13-15,20-21H2,1H3,(H,36,37)/t26-,27?/m0/s1. The number of carbonyl (C=O) groups excluding carboxylic acids is 2. The van der Waals surface area contributed by atoms with Crippen LogP contribution in [0.1, 0.15) is 48.8 Å². The number of nitrogens with zero attached hydrogens (tertiary/aromatic N) is 3. The zero-order valence-electron chi connectivity index (χ0n) is 21.1. The molecule has 7 nitrogen and oxygen atoms in total. The van der Waals surface area contributed by atoms with E-state index in [1.165, 1.54) is 16.9 Å². The van der Waals surface area contributed by atoms with E-state index in [0.29, 0.717) is 13.0 Å². The fraction of sp³-hybridized carbons (Fsp3) is 0.333. The number of pyridine rings is 1. The van der Waals surface area contributed by atoms with Crippen molar-refractivity contribution < 1.29 is 19.5 Å². The van der Waals surface area contributed by atoms with Crippen LogP contribution < -0.4 is 0 Å². The van der Waals surface area contributed by atoms with Crippen LogP contribution in [0.15, 0.2) is 85.2 Å². The number of hydrogen-bond acceptors (Lipinski definition) is 4. The van der Waals surface area contributed by atoms with Crippen molar-refractivity contribution in [3.05, 3.63) is 102 Å². The number of hydrogen-bond donors (Lipinski definition) is 1. The van der Waals surface area contributed by atoms with Crippen LogP contribution in [-0.4, -0.2) is 51.0 Å². The van der Waals surface area contributed by atoms with E-state index < -0.39 is 17.8 Å². The molecule has 37 heavy (non-hydrogen) atoms. The van der Waals surface area contributed by atoms with Gasteiger partial charge in [-0.05, 0) is 54.5 Å². The molecular formula is C30H33N3O4. The van der Waals surface area contributed by atoms with Crippen molar-refractivity contribution in [3.63, 3.8) is 0 Å². The van der Waals surface area contributed by atoms with Crippen molar-refractivity contribution in [2.24, 2.45) is 11.8 Å². The SMILES string of the molecule is CC(=O)N(CC(C(=O)O)C(c1ccccc1)c1ccccc1)N1CCC[C@@H](CCc2ccncc2)C1=O. The Labute approximate surface area is 217 Å². The molecule has 1 saturated heterocycles. The molecule has 0 radical (unpaired) electrons. The highest BCUT2D eigenvalue weighted by Gasteiger charge is 2.38. The van der Waals surface area contributed by atoms with Gasteiger partial charge in [-0.25, -0.2) is 0 Å². The van der Waals surface area contributed by atoms with Crippen molar-refractivity contribution >= 4 is 17.8 Å². The lowest BCUT2D eigenvalue weighted by atomic mass is 9.80. The summed E-state index contributed by atoms with van der Waals surface area (Å²) in [6, 6.07) is 22.8. The summed E-state index contributed by atoms with van der Waals surface area (Å²) in [4.78, 5) is 43.1. The molecule has 3 aromatic rings. The summed E-state index contributed by atoms with van der Waals surface area (Å²) >= 11 is 0. The van der Waals surface area contributed by atoms with E-state index in [-0.39, 0.29) is 24.3 Å². The number of hydrazine groups is 1. The Bertz CT molecular complexity index is 1150. The lowest BCUT2D eigenvalue weighted by Gasteiger charge is -2.41. The van der Waals surface area contributed by atoms with Gasteiger partial charge in [0.05, 0.1) is 12.5 Å². The maximum absolute atomic E-state index is 13.5. The van der Waals surface area contributed by atoms with Crippen LogP contribution in [0.4, 0.5) is 0 Å². The Kier molecular flexibility index (Phi) is 8.67. The van der Waals surface area contributed by atoms with E-state index in [4.69, 9.17) is 0 Å². The maximum Gasteiger partial charge on any atom is 0.309 e. The molecule has 4 rings (SSSR count). The zero-order valence-corrected chi connectivity index (χ0v) is 21.1. The topological polar surface area (TPSA) is 90.8 Å². The molecule has 2 aromatic carbocycles. The monoisotopic (exact) mass is 499 g/mol. The summed E-state index contributed by atoms with van der Waals surface area (Å²) in [5.74, 6) is -3.11. The molecule has 192 valence electrons. The summed E-state index contributed by atoms with van der Waals surface area (Å²) in [7, 11) is 0. The number of aliphatic carboxylic acids is 1.